The van der Waals surface area contributed by atoms with Gasteiger partial charge in [-0.05, 0) is 37.6 Å². The van der Waals surface area contributed by atoms with E-state index in [0.717, 1.165) is 51.5 Å². The molecule has 8 heteroatoms. The van der Waals surface area contributed by atoms with Crippen molar-refractivity contribution in [3.05, 3.63) is 48.3 Å². The van der Waals surface area contributed by atoms with E-state index in [9.17, 15) is 9.00 Å². The highest BCUT2D eigenvalue weighted by molar-refractivity contribution is 7.84. The van der Waals surface area contributed by atoms with Crippen LogP contribution in [0.3, 0.4) is 0 Å². The average Bonchev–Trinajstić information content (AvgIpc) is 2.97. The first-order valence-corrected chi connectivity index (χ1v) is 10.4. The van der Waals surface area contributed by atoms with Gasteiger partial charge in [0.2, 0.25) is 5.95 Å². The maximum atomic E-state index is 12.5. The number of carbonyl (C=O) groups excluding carboxylic acids is 1. The highest BCUT2D eigenvalue weighted by atomic mass is 32.2. The van der Waals surface area contributed by atoms with Gasteiger partial charge in [-0.3, -0.25) is 14.0 Å². The lowest BCUT2D eigenvalue weighted by atomic mass is 10.2. The Morgan fingerprint density at radius 2 is 1.63 bits per heavy atom. The van der Waals surface area contributed by atoms with E-state index in [1.54, 1.807) is 24.5 Å². The summed E-state index contributed by atoms with van der Waals surface area (Å²) in [6.45, 7) is 5.35. The summed E-state index contributed by atoms with van der Waals surface area (Å²) in [5, 5.41) is 0. The van der Waals surface area contributed by atoms with Gasteiger partial charge < -0.3 is 4.90 Å². The molecule has 0 radical (unpaired) electrons. The monoisotopic (exact) mass is 385 g/mol. The Balaban J connectivity index is 1.20. The van der Waals surface area contributed by atoms with Crippen molar-refractivity contribution in [2.24, 2.45) is 0 Å². The lowest BCUT2D eigenvalue weighted by Crippen LogP contribution is -2.47. The highest BCUT2D eigenvalue weighted by Crippen LogP contribution is 2.26. The van der Waals surface area contributed by atoms with Gasteiger partial charge in [0, 0.05) is 45.1 Å². The molecule has 1 amide bonds. The van der Waals surface area contributed by atoms with Crippen LogP contribution in [-0.4, -0.2) is 68.6 Å². The molecule has 27 heavy (non-hydrogen) atoms. The van der Waals surface area contributed by atoms with Crippen LogP contribution in [0.25, 0.3) is 0 Å². The SMILES string of the molecule is O=C1c2ccccc2S(=O)N1CCCCN1CCN(c2ncccn2)CC1. The minimum atomic E-state index is -1.35. The minimum absolute atomic E-state index is 0.111. The smallest absolute Gasteiger partial charge is 0.267 e. The van der Waals surface area contributed by atoms with Crippen LogP contribution in [-0.2, 0) is 11.0 Å². The van der Waals surface area contributed by atoms with Gasteiger partial charge in [0.05, 0.1) is 10.5 Å². The molecule has 1 aromatic heterocycles. The summed E-state index contributed by atoms with van der Waals surface area (Å²) in [6, 6.07) is 9.01. The van der Waals surface area contributed by atoms with Gasteiger partial charge >= 0.3 is 0 Å². The number of piperazine rings is 1. The van der Waals surface area contributed by atoms with E-state index in [1.165, 1.54) is 4.31 Å². The van der Waals surface area contributed by atoms with Crippen molar-refractivity contribution in [1.29, 1.82) is 0 Å². The maximum Gasteiger partial charge on any atom is 0.267 e. The van der Waals surface area contributed by atoms with Gasteiger partial charge in [-0.15, -0.1) is 0 Å². The molecule has 2 aliphatic heterocycles. The lowest BCUT2D eigenvalue weighted by molar-refractivity contribution is 0.0872. The van der Waals surface area contributed by atoms with Gasteiger partial charge in [-0.25, -0.2) is 14.2 Å². The first kappa shape index (κ1) is 18.1. The lowest BCUT2D eigenvalue weighted by Gasteiger charge is -2.34. The highest BCUT2D eigenvalue weighted by Gasteiger charge is 2.33. The topological polar surface area (TPSA) is 69.6 Å². The molecular formula is C19H23N5O2S. The fourth-order valence-corrected chi connectivity index (χ4v) is 4.85. The molecule has 1 saturated heterocycles. The third-order valence-corrected chi connectivity index (χ3v) is 6.51. The summed E-state index contributed by atoms with van der Waals surface area (Å²) in [7, 11) is -1.35. The number of hydrogen-bond acceptors (Lipinski definition) is 6. The van der Waals surface area contributed by atoms with E-state index in [0.29, 0.717) is 17.0 Å². The molecular weight excluding hydrogens is 362 g/mol. The Morgan fingerprint density at radius 1 is 0.926 bits per heavy atom. The molecule has 7 nitrogen and oxygen atoms in total. The second-order valence-corrected chi connectivity index (χ2v) is 8.12. The molecule has 0 N–H and O–H groups in total. The number of fused-ring (bicyclic) bond motifs is 1. The quantitative estimate of drug-likeness (QED) is 0.703. The van der Waals surface area contributed by atoms with Crippen LogP contribution in [0.4, 0.5) is 5.95 Å². The molecule has 0 aliphatic carbocycles. The van der Waals surface area contributed by atoms with Crippen molar-refractivity contribution < 1.29 is 9.00 Å². The summed E-state index contributed by atoms with van der Waals surface area (Å²) in [4.78, 5) is 26.3. The predicted octanol–water partition coefficient (Wildman–Crippen LogP) is 1.56. The van der Waals surface area contributed by atoms with Crippen LogP contribution in [0.1, 0.15) is 23.2 Å². The number of rotatable bonds is 6. The number of hydrogen-bond donors (Lipinski definition) is 0. The molecule has 1 fully saturated rings. The van der Waals surface area contributed by atoms with E-state index >= 15 is 0 Å². The zero-order valence-corrected chi connectivity index (χ0v) is 16.0. The summed E-state index contributed by atoms with van der Waals surface area (Å²) in [6.07, 6.45) is 5.39. The molecule has 2 aliphatic rings. The van der Waals surface area contributed by atoms with Gasteiger partial charge in [-0.1, -0.05) is 12.1 Å². The van der Waals surface area contributed by atoms with Crippen LogP contribution in [0.5, 0.6) is 0 Å². The average molecular weight is 385 g/mol. The van der Waals surface area contributed by atoms with Gasteiger partial charge in [0.15, 0.2) is 11.0 Å². The third kappa shape index (κ3) is 3.86. The number of amides is 1. The van der Waals surface area contributed by atoms with Crippen molar-refractivity contribution in [2.45, 2.75) is 17.7 Å². The Labute approximate surface area is 161 Å². The van der Waals surface area contributed by atoms with Crippen molar-refractivity contribution >= 4 is 22.8 Å². The van der Waals surface area contributed by atoms with Crippen molar-refractivity contribution in [2.75, 3.05) is 44.2 Å². The minimum Gasteiger partial charge on any atom is -0.338 e. The number of unbranched alkanes of at least 4 members (excludes halogenated alkanes) is 1. The van der Waals surface area contributed by atoms with Gasteiger partial charge in [-0.2, -0.15) is 0 Å². The van der Waals surface area contributed by atoms with Crippen LogP contribution in [0.2, 0.25) is 0 Å². The second-order valence-electron chi connectivity index (χ2n) is 6.74. The largest absolute Gasteiger partial charge is 0.338 e. The molecule has 2 aromatic rings. The predicted molar refractivity (Wildman–Crippen MR) is 104 cm³/mol. The van der Waals surface area contributed by atoms with Crippen LogP contribution in [0, 0.1) is 0 Å². The molecule has 3 heterocycles. The van der Waals surface area contributed by atoms with E-state index in [-0.39, 0.29) is 5.91 Å². The van der Waals surface area contributed by atoms with Crippen LogP contribution in [0.15, 0.2) is 47.6 Å². The van der Waals surface area contributed by atoms with Crippen molar-refractivity contribution in [3.63, 3.8) is 0 Å². The van der Waals surface area contributed by atoms with Gasteiger partial charge in [0.25, 0.3) is 5.91 Å². The normalized spacial score (nSPS) is 20.1. The van der Waals surface area contributed by atoms with Crippen LogP contribution < -0.4 is 4.90 Å². The number of benzene rings is 1. The zero-order valence-electron chi connectivity index (χ0n) is 15.2. The first-order chi connectivity index (χ1) is 13.2. The Morgan fingerprint density at radius 3 is 2.37 bits per heavy atom. The number of carbonyl (C=O) groups is 1. The van der Waals surface area contributed by atoms with E-state index < -0.39 is 11.0 Å². The van der Waals surface area contributed by atoms with E-state index in [2.05, 4.69) is 19.8 Å². The molecule has 0 bridgehead atoms. The molecule has 4 rings (SSSR count). The number of anilines is 1. The molecule has 1 atom stereocenters. The zero-order chi connectivity index (χ0) is 18.6. The maximum absolute atomic E-state index is 12.5. The third-order valence-electron chi connectivity index (χ3n) is 5.03. The Hall–Kier alpha value is -2.32. The van der Waals surface area contributed by atoms with Crippen LogP contribution >= 0.6 is 0 Å². The Kier molecular flexibility index (Phi) is 5.45. The molecule has 0 spiro atoms. The Bertz CT molecular complexity index is 789. The van der Waals surface area contributed by atoms with Crippen molar-refractivity contribution in [3.8, 4) is 0 Å². The molecule has 1 aromatic carbocycles. The first-order valence-electron chi connectivity index (χ1n) is 9.31. The molecule has 0 saturated carbocycles. The van der Waals surface area contributed by atoms with E-state index in [4.69, 9.17) is 0 Å². The summed E-state index contributed by atoms with van der Waals surface area (Å²) in [5.41, 5.74) is 0.579. The fourth-order valence-electron chi connectivity index (χ4n) is 3.53. The summed E-state index contributed by atoms with van der Waals surface area (Å²) in [5.74, 6) is 0.687. The standard InChI is InChI=1S/C19H23N5O2S/c25-18-16-6-1-2-7-17(16)27(26)24(18)11-4-3-10-22-12-14-23(15-13-22)19-20-8-5-9-21-19/h1-2,5-9H,3-4,10-15H2. The second kappa shape index (κ2) is 8.14. The number of aromatic nitrogens is 2. The summed E-state index contributed by atoms with van der Waals surface area (Å²) < 4.78 is 14.0. The number of nitrogens with zero attached hydrogens (tertiary/aromatic N) is 5. The van der Waals surface area contributed by atoms with Crippen molar-refractivity contribution in [1.82, 2.24) is 19.2 Å². The van der Waals surface area contributed by atoms with Gasteiger partial charge in [0.1, 0.15) is 0 Å². The fraction of sp³-hybridized carbons (Fsp3) is 0.421. The van der Waals surface area contributed by atoms with E-state index in [1.807, 2.05) is 18.2 Å². The molecule has 142 valence electrons. The molecule has 1 unspecified atom stereocenters. The summed E-state index contributed by atoms with van der Waals surface area (Å²) >= 11 is 0.